The first-order valence-electron chi connectivity index (χ1n) is 4.64. The van der Waals surface area contributed by atoms with Crippen molar-refractivity contribution in [1.82, 2.24) is 19.1 Å². The van der Waals surface area contributed by atoms with E-state index in [1.54, 1.807) is 7.05 Å². The second-order valence-corrected chi connectivity index (χ2v) is 3.58. The molecule has 2 rings (SSSR count). The summed E-state index contributed by atoms with van der Waals surface area (Å²) in [5.74, 6) is -0.180. The summed E-state index contributed by atoms with van der Waals surface area (Å²) in [6.07, 6.45) is 1.43. The molecular formula is C9H10N4O3. The second kappa shape index (κ2) is 3.44. The number of hydrogen-bond acceptors (Lipinski definition) is 4. The second-order valence-electron chi connectivity index (χ2n) is 3.58. The molecule has 0 aliphatic carbocycles. The highest BCUT2D eigenvalue weighted by Crippen LogP contribution is 2.03. The van der Waals surface area contributed by atoms with Crippen LogP contribution in [0.15, 0.2) is 15.9 Å². The molecule has 0 unspecified atom stereocenters. The van der Waals surface area contributed by atoms with Gasteiger partial charge in [0.2, 0.25) is 0 Å². The Bertz CT molecular complexity index is 676. The third-order valence-corrected chi connectivity index (χ3v) is 2.23. The molecule has 0 aliphatic rings. The number of ketones is 1. The molecular weight excluding hydrogens is 212 g/mol. The molecule has 7 nitrogen and oxygen atoms in total. The van der Waals surface area contributed by atoms with Gasteiger partial charge in [-0.1, -0.05) is 0 Å². The van der Waals surface area contributed by atoms with Gasteiger partial charge in [-0.25, -0.2) is 9.78 Å². The van der Waals surface area contributed by atoms with Crippen LogP contribution in [0.3, 0.4) is 0 Å². The quantitative estimate of drug-likeness (QED) is 0.706. The molecule has 16 heavy (non-hydrogen) atoms. The number of aromatic amines is 1. The van der Waals surface area contributed by atoms with Gasteiger partial charge in [0, 0.05) is 7.05 Å². The first-order valence-corrected chi connectivity index (χ1v) is 4.64. The Morgan fingerprint density at radius 1 is 1.50 bits per heavy atom. The predicted molar refractivity (Wildman–Crippen MR) is 56.3 cm³/mol. The number of Topliss-reactive ketones (excluding diaryl/α,β-unsaturated/α-hetero) is 1. The predicted octanol–water partition coefficient (Wildman–Crippen LogP) is -0.988. The van der Waals surface area contributed by atoms with Crippen LogP contribution in [0.5, 0.6) is 0 Å². The molecule has 0 saturated carbocycles. The van der Waals surface area contributed by atoms with Crippen LogP contribution >= 0.6 is 0 Å². The van der Waals surface area contributed by atoms with Crippen molar-refractivity contribution < 1.29 is 4.79 Å². The van der Waals surface area contributed by atoms with Gasteiger partial charge in [-0.2, -0.15) is 0 Å². The average molecular weight is 222 g/mol. The molecule has 2 aromatic heterocycles. The van der Waals surface area contributed by atoms with Gasteiger partial charge in [0.15, 0.2) is 11.2 Å². The fraction of sp³-hybridized carbons (Fsp3) is 0.333. The van der Waals surface area contributed by atoms with Gasteiger partial charge in [0.1, 0.15) is 5.78 Å². The van der Waals surface area contributed by atoms with Crippen LogP contribution in [0.2, 0.25) is 0 Å². The van der Waals surface area contributed by atoms with Gasteiger partial charge in [-0.05, 0) is 6.92 Å². The highest BCUT2D eigenvalue weighted by Gasteiger charge is 2.12. The van der Waals surface area contributed by atoms with E-state index in [9.17, 15) is 14.4 Å². The van der Waals surface area contributed by atoms with Crippen LogP contribution < -0.4 is 11.2 Å². The number of carbonyl (C=O) groups excluding carboxylic acids is 1. The van der Waals surface area contributed by atoms with Crippen LogP contribution in [0.1, 0.15) is 6.92 Å². The maximum Gasteiger partial charge on any atom is 0.330 e. The van der Waals surface area contributed by atoms with E-state index in [2.05, 4.69) is 9.97 Å². The zero-order valence-electron chi connectivity index (χ0n) is 8.85. The molecule has 0 saturated heterocycles. The summed E-state index contributed by atoms with van der Waals surface area (Å²) in [6.45, 7) is 1.27. The van der Waals surface area contributed by atoms with E-state index in [4.69, 9.17) is 0 Å². The number of fused-ring (bicyclic) bond motifs is 1. The molecule has 0 amide bonds. The average Bonchev–Trinajstić information content (AvgIpc) is 2.55. The summed E-state index contributed by atoms with van der Waals surface area (Å²) in [6, 6.07) is 0. The molecule has 7 heteroatoms. The largest absolute Gasteiger partial charge is 0.330 e. The van der Waals surface area contributed by atoms with Gasteiger partial charge in [0.05, 0.1) is 12.9 Å². The van der Waals surface area contributed by atoms with Crippen molar-refractivity contribution >= 4 is 16.9 Å². The van der Waals surface area contributed by atoms with E-state index in [1.807, 2.05) is 0 Å². The van der Waals surface area contributed by atoms with Crippen LogP contribution in [-0.4, -0.2) is 24.9 Å². The van der Waals surface area contributed by atoms with Crippen molar-refractivity contribution in [2.75, 3.05) is 0 Å². The third-order valence-electron chi connectivity index (χ3n) is 2.23. The molecule has 0 spiro atoms. The summed E-state index contributed by atoms with van der Waals surface area (Å²) in [5.41, 5.74) is -0.612. The highest BCUT2D eigenvalue weighted by atomic mass is 16.2. The normalized spacial score (nSPS) is 10.9. The zero-order chi connectivity index (χ0) is 11.9. The fourth-order valence-electron chi connectivity index (χ4n) is 1.57. The summed E-state index contributed by atoms with van der Waals surface area (Å²) in [7, 11) is 1.65. The van der Waals surface area contributed by atoms with E-state index >= 15 is 0 Å². The molecule has 0 bridgehead atoms. The van der Waals surface area contributed by atoms with E-state index in [1.165, 1.54) is 17.8 Å². The Labute approximate surface area is 89.3 Å². The summed E-state index contributed by atoms with van der Waals surface area (Å²) in [5, 5.41) is 0. The topological polar surface area (TPSA) is 89.8 Å². The lowest BCUT2D eigenvalue weighted by atomic mass is 10.4. The van der Waals surface area contributed by atoms with Crippen LogP contribution in [0.25, 0.3) is 11.2 Å². The number of rotatable bonds is 2. The Balaban J connectivity index is 2.88. The van der Waals surface area contributed by atoms with Crippen molar-refractivity contribution in [1.29, 1.82) is 0 Å². The lowest BCUT2D eigenvalue weighted by Gasteiger charge is -2.02. The van der Waals surface area contributed by atoms with Crippen LogP contribution in [-0.2, 0) is 18.4 Å². The summed E-state index contributed by atoms with van der Waals surface area (Å²) < 4.78 is 2.66. The molecule has 84 valence electrons. The fourth-order valence-corrected chi connectivity index (χ4v) is 1.57. The Hall–Kier alpha value is -2.18. The number of hydrogen-bond donors (Lipinski definition) is 1. The lowest BCUT2D eigenvalue weighted by Crippen LogP contribution is -2.32. The minimum absolute atomic E-state index is 0.0941. The van der Waals surface area contributed by atoms with E-state index in [-0.39, 0.29) is 23.5 Å². The van der Waals surface area contributed by atoms with Gasteiger partial charge in [-0.15, -0.1) is 0 Å². The number of carbonyl (C=O) groups is 1. The van der Waals surface area contributed by atoms with Crippen LogP contribution in [0, 0.1) is 0 Å². The number of nitrogens with one attached hydrogen (secondary N) is 1. The summed E-state index contributed by atoms with van der Waals surface area (Å²) in [4.78, 5) is 40.1. The standard InChI is InChI=1S/C9H10N4O3/c1-5(14)3-13-7-6(12(2)4-10-7)8(15)11-9(13)16/h4H,3H2,1-2H3,(H,11,15,16). The van der Waals surface area contributed by atoms with E-state index in [0.29, 0.717) is 0 Å². The van der Waals surface area contributed by atoms with Crippen molar-refractivity contribution in [3.63, 3.8) is 0 Å². The SMILES string of the molecule is CC(=O)Cn1c(=O)[nH]c(=O)c2c1ncn2C. The van der Waals surface area contributed by atoms with Gasteiger partial charge in [-0.3, -0.25) is 19.1 Å². The number of H-pyrrole nitrogens is 1. The maximum absolute atomic E-state index is 11.5. The minimum Gasteiger partial charge on any atom is -0.328 e. The smallest absolute Gasteiger partial charge is 0.328 e. The molecule has 2 aromatic rings. The lowest BCUT2D eigenvalue weighted by molar-refractivity contribution is -0.117. The molecule has 2 heterocycles. The van der Waals surface area contributed by atoms with Gasteiger partial charge >= 0.3 is 5.69 Å². The van der Waals surface area contributed by atoms with Crippen molar-refractivity contribution in [2.24, 2.45) is 7.05 Å². The Kier molecular flexibility index (Phi) is 2.22. The Morgan fingerprint density at radius 2 is 2.19 bits per heavy atom. The van der Waals surface area contributed by atoms with Crippen LogP contribution in [0.4, 0.5) is 0 Å². The number of aryl methyl sites for hydroxylation is 1. The zero-order valence-corrected chi connectivity index (χ0v) is 8.85. The Morgan fingerprint density at radius 3 is 2.81 bits per heavy atom. The third kappa shape index (κ3) is 1.46. The molecule has 0 aliphatic heterocycles. The number of nitrogens with zero attached hydrogens (tertiary/aromatic N) is 3. The monoisotopic (exact) mass is 222 g/mol. The van der Waals surface area contributed by atoms with Gasteiger partial charge < -0.3 is 4.57 Å². The van der Waals surface area contributed by atoms with Gasteiger partial charge in [0.25, 0.3) is 5.56 Å². The van der Waals surface area contributed by atoms with E-state index < -0.39 is 11.2 Å². The first-order chi connectivity index (χ1) is 7.50. The van der Waals surface area contributed by atoms with Crippen molar-refractivity contribution in [3.05, 3.63) is 27.2 Å². The van der Waals surface area contributed by atoms with E-state index in [0.717, 1.165) is 4.57 Å². The molecule has 0 atom stereocenters. The molecule has 1 N–H and O–H groups in total. The van der Waals surface area contributed by atoms with Crippen molar-refractivity contribution in [2.45, 2.75) is 13.5 Å². The molecule has 0 aromatic carbocycles. The first kappa shape index (κ1) is 10.3. The summed E-state index contributed by atoms with van der Waals surface area (Å²) >= 11 is 0. The number of imidazole rings is 1. The van der Waals surface area contributed by atoms with Crippen molar-refractivity contribution in [3.8, 4) is 0 Å². The molecule has 0 radical (unpaired) electrons. The highest BCUT2D eigenvalue weighted by molar-refractivity contribution is 5.78. The molecule has 0 fully saturated rings. The minimum atomic E-state index is -0.619. The maximum atomic E-state index is 11.5. The number of aromatic nitrogens is 4.